The van der Waals surface area contributed by atoms with Crippen LogP contribution in [0, 0.1) is 0 Å². The largest absolute Gasteiger partial charge is 0.476 e. The minimum atomic E-state index is -1.03. The highest BCUT2D eigenvalue weighted by atomic mass is 16.5. The van der Waals surface area contributed by atoms with E-state index in [0.717, 1.165) is 16.8 Å². The average Bonchev–Trinajstić information content (AvgIpc) is 2.73. The lowest BCUT2D eigenvalue weighted by Gasteiger charge is -2.08. The highest BCUT2D eigenvalue weighted by Crippen LogP contribution is 2.24. The van der Waals surface area contributed by atoms with Crippen molar-refractivity contribution in [2.75, 3.05) is 7.11 Å². The number of aromatic nitrogens is 2. The van der Waals surface area contributed by atoms with Crippen molar-refractivity contribution in [3.05, 3.63) is 41.6 Å². The molecule has 94 valence electrons. The summed E-state index contributed by atoms with van der Waals surface area (Å²) in [5.74, 6) is -1.03. The fraction of sp³-hybridized carbons (Fsp3) is 0.231. The van der Waals surface area contributed by atoms with Crippen LogP contribution in [0.15, 0.2) is 30.3 Å². The van der Waals surface area contributed by atoms with Crippen LogP contribution in [0.5, 0.6) is 0 Å². The van der Waals surface area contributed by atoms with Gasteiger partial charge in [0.05, 0.1) is 12.3 Å². The molecule has 2 rings (SSSR count). The van der Waals surface area contributed by atoms with Crippen molar-refractivity contribution in [1.82, 2.24) is 9.78 Å². The van der Waals surface area contributed by atoms with Crippen molar-refractivity contribution >= 4 is 5.97 Å². The number of aryl methyl sites for hydroxylation is 1. The fourth-order valence-electron chi connectivity index (χ4n) is 1.88. The zero-order chi connectivity index (χ0) is 13.1. The van der Waals surface area contributed by atoms with Gasteiger partial charge in [0, 0.05) is 19.7 Å². The molecule has 0 spiro atoms. The molecule has 1 aromatic carbocycles. The van der Waals surface area contributed by atoms with E-state index in [4.69, 9.17) is 9.84 Å². The molecule has 18 heavy (non-hydrogen) atoms. The van der Waals surface area contributed by atoms with Crippen molar-refractivity contribution in [2.24, 2.45) is 7.05 Å². The molecule has 0 unspecified atom stereocenters. The highest BCUT2D eigenvalue weighted by molar-refractivity contribution is 5.87. The van der Waals surface area contributed by atoms with Crippen LogP contribution in [0.2, 0.25) is 0 Å². The molecule has 2 aromatic rings. The van der Waals surface area contributed by atoms with Gasteiger partial charge in [-0.15, -0.1) is 0 Å². The first-order chi connectivity index (χ1) is 8.63. The zero-order valence-corrected chi connectivity index (χ0v) is 10.3. The second-order valence-corrected chi connectivity index (χ2v) is 3.93. The van der Waals surface area contributed by atoms with E-state index < -0.39 is 5.97 Å². The van der Waals surface area contributed by atoms with Crippen LogP contribution in [-0.2, 0) is 18.4 Å². The van der Waals surface area contributed by atoms with Crippen molar-refractivity contribution in [2.45, 2.75) is 6.61 Å². The molecule has 0 saturated carbocycles. The third kappa shape index (κ3) is 2.26. The Hall–Kier alpha value is -2.14. The monoisotopic (exact) mass is 246 g/mol. The molecule has 5 heteroatoms. The van der Waals surface area contributed by atoms with Crippen LogP contribution in [0.25, 0.3) is 11.3 Å². The van der Waals surface area contributed by atoms with Crippen LogP contribution >= 0.6 is 0 Å². The standard InChI is InChI=1S/C13H14N2O3/c1-15-12(7-11(14-15)13(16)17)10-6-4-3-5-9(10)8-18-2/h3-7H,8H2,1-2H3,(H,16,17). The number of nitrogens with zero attached hydrogens (tertiary/aromatic N) is 2. The highest BCUT2D eigenvalue weighted by Gasteiger charge is 2.14. The maximum atomic E-state index is 10.9. The molecule has 0 amide bonds. The molecule has 0 fully saturated rings. The van der Waals surface area contributed by atoms with Gasteiger partial charge in [0.15, 0.2) is 5.69 Å². The third-order valence-corrected chi connectivity index (χ3v) is 2.69. The van der Waals surface area contributed by atoms with E-state index >= 15 is 0 Å². The molecule has 5 nitrogen and oxygen atoms in total. The van der Waals surface area contributed by atoms with Crippen LogP contribution in [0.3, 0.4) is 0 Å². The molecule has 0 aliphatic carbocycles. The summed E-state index contributed by atoms with van der Waals surface area (Å²) in [4.78, 5) is 10.9. The molecular weight excluding hydrogens is 232 g/mol. The maximum Gasteiger partial charge on any atom is 0.356 e. The van der Waals surface area contributed by atoms with Gasteiger partial charge in [-0.3, -0.25) is 4.68 Å². The lowest BCUT2D eigenvalue weighted by molar-refractivity contribution is 0.0689. The Kier molecular flexibility index (Phi) is 3.43. The predicted molar refractivity (Wildman–Crippen MR) is 66.3 cm³/mol. The zero-order valence-electron chi connectivity index (χ0n) is 10.3. The molecule has 0 radical (unpaired) electrons. The van der Waals surface area contributed by atoms with Gasteiger partial charge < -0.3 is 9.84 Å². The Morgan fingerprint density at radius 3 is 2.78 bits per heavy atom. The van der Waals surface area contributed by atoms with Gasteiger partial charge >= 0.3 is 5.97 Å². The van der Waals surface area contributed by atoms with Crippen molar-refractivity contribution < 1.29 is 14.6 Å². The molecule has 0 atom stereocenters. The van der Waals surface area contributed by atoms with Gasteiger partial charge in [0.2, 0.25) is 0 Å². The number of hydrogen-bond acceptors (Lipinski definition) is 3. The summed E-state index contributed by atoms with van der Waals surface area (Å²) in [7, 11) is 3.36. The summed E-state index contributed by atoms with van der Waals surface area (Å²) in [6, 6.07) is 9.27. The van der Waals surface area contributed by atoms with E-state index in [1.165, 1.54) is 0 Å². The smallest absolute Gasteiger partial charge is 0.356 e. The number of benzene rings is 1. The van der Waals surface area contributed by atoms with Crippen molar-refractivity contribution in [3.63, 3.8) is 0 Å². The number of carboxylic acid groups (broad SMARTS) is 1. The molecule has 1 heterocycles. The fourth-order valence-corrected chi connectivity index (χ4v) is 1.88. The normalized spacial score (nSPS) is 10.6. The molecule has 1 N–H and O–H groups in total. The molecule has 0 aliphatic rings. The molecule has 0 aliphatic heterocycles. The van der Waals surface area contributed by atoms with E-state index in [1.807, 2.05) is 24.3 Å². The SMILES string of the molecule is COCc1ccccc1-c1cc(C(=O)O)nn1C. The number of carbonyl (C=O) groups is 1. The quantitative estimate of drug-likeness (QED) is 0.895. The first-order valence-electron chi connectivity index (χ1n) is 5.48. The molecule has 0 bridgehead atoms. The van der Waals surface area contributed by atoms with E-state index in [1.54, 1.807) is 24.9 Å². The maximum absolute atomic E-state index is 10.9. The van der Waals surface area contributed by atoms with Gasteiger partial charge in [-0.25, -0.2) is 4.79 Å². The summed E-state index contributed by atoms with van der Waals surface area (Å²) in [6.07, 6.45) is 0. The first kappa shape index (κ1) is 12.3. The third-order valence-electron chi connectivity index (χ3n) is 2.69. The van der Waals surface area contributed by atoms with Gasteiger partial charge in [0.25, 0.3) is 0 Å². The summed E-state index contributed by atoms with van der Waals surface area (Å²) in [5, 5.41) is 12.9. The number of rotatable bonds is 4. The Balaban J connectivity index is 2.51. The number of methoxy groups -OCH3 is 1. The number of aromatic carboxylic acids is 1. The van der Waals surface area contributed by atoms with Crippen molar-refractivity contribution in [3.8, 4) is 11.3 Å². The number of hydrogen-bond donors (Lipinski definition) is 1. The second kappa shape index (κ2) is 5.01. The lowest BCUT2D eigenvalue weighted by atomic mass is 10.0. The van der Waals surface area contributed by atoms with E-state index in [-0.39, 0.29) is 5.69 Å². The molecule has 0 saturated heterocycles. The van der Waals surface area contributed by atoms with E-state index in [2.05, 4.69) is 5.10 Å². The summed E-state index contributed by atoms with van der Waals surface area (Å²) < 4.78 is 6.71. The van der Waals surface area contributed by atoms with Crippen molar-refractivity contribution in [1.29, 1.82) is 0 Å². The average molecular weight is 246 g/mol. The Morgan fingerprint density at radius 2 is 2.17 bits per heavy atom. The van der Waals surface area contributed by atoms with Gasteiger partial charge in [0.1, 0.15) is 0 Å². The van der Waals surface area contributed by atoms with Crippen LogP contribution < -0.4 is 0 Å². The van der Waals surface area contributed by atoms with Crippen LogP contribution in [0.4, 0.5) is 0 Å². The van der Waals surface area contributed by atoms with E-state index in [9.17, 15) is 4.79 Å². The predicted octanol–water partition coefficient (Wildman–Crippen LogP) is 1.93. The number of ether oxygens (including phenoxy) is 1. The molecule has 1 aromatic heterocycles. The Bertz CT molecular complexity index is 575. The Labute approximate surface area is 105 Å². The summed E-state index contributed by atoms with van der Waals surface area (Å²) in [6.45, 7) is 0.476. The second-order valence-electron chi connectivity index (χ2n) is 3.93. The topological polar surface area (TPSA) is 64.3 Å². The van der Waals surface area contributed by atoms with Gasteiger partial charge in [-0.1, -0.05) is 24.3 Å². The van der Waals surface area contributed by atoms with Gasteiger partial charge in [-0.05, 0) is 11.6 Å². The first-order valence-corrected chi connectivity index (χ1v) is 5.48. The lowest BCUT2D eigenvalue weighted by Crippen LogP contribution is -2.00. The Morgan fingerprint density at radius 1 is 1.44 bits per heavy atom. The molecular formula is C13H14N2O3. The number of carboxylic acids is 1. The van der Waals surface area contributed by atoms with Crippen LogP contribution in [0.1, 0.15) is 16.1 Å². The summed E-state index contributed by atoms with van der Waals surface area (Å²) in [5.41, 5.74) is 2.74. The van der Waals surface area contributed by atoms with Gasteiger partial charge in [-0.2, -0.15) is 5.10 Å². The van der Waals surface area contributed by atoms with E-state index in [0.29, 0.717) is 6.61 Å². The minimum Gasteiger partial charge on any atom is -0.476 e. The van der Waals surface area contributed by atoms with Crippen LogP contribution in [-0.4, -0.2) is 28.0 Å². The minimum absolute atomic E-state index is 0.0414. The summed E-state index contributed by atoms with van der Waals surface area (Å²) >= 11 is 0.